The molecule has 0 bridgehead atoms. The molecule has 1 aromatic rings. The van der Waals surface area contributed by atoms with Crippen LogP contribution in [0.3, 0.4) is 0 Å². The topological polar surface area (TPSA) is 93.3 Å². The molecular weight excluding hydrogens is 322 g/mol. The van der Waals surface area contributed by atoms with E-state index in [1.165, 1.54) is 7.11 Å². The number of methoxy groups -OCH3 is 1. The zero-order valence-corrected chi connectivity index (χ0v) is 15.7. The van der Waals surface area contributed by atoms with Crippen molar-refractivity contribution in [3.8, 4) is 0 Å². The number of hydrogen-bond donors (Lipinski definition) is 2. The minimum Gasteiger partial charge on any atom is -0.453 e. The lowest BCUT2D eigenvalue weighted by atomic mass is 9.86. The summed E-state index contributed by atoms with van der Waals surface area (Å²) in [5.41, 5.74) is 1.08. The van der Waals surface area contributed by atoms with Crippen LogP contribution in [0.1, 0.15) is 57.5 Å². The molecule has 1 amide bonds. The van der Waals surface area contributed by atoms with Gasteiger partial charge in [-0.2, -0.15) is 0 Å². The Hall–Kier alpha value is -1.89. The normalized spacial score (nSPS) is 21.6. The lowest BCUT2D eigenvalue weighted by molar-refractivity contribution is -0.123. The van der Waals surface area contributed by atoms with Crippen molar-refractivity contribution in [3.63, 3.8) is 0 Å². The molecule has 0 aromatic carbocycles. The van der Waals surface area contributed by atoms with Crippen LogP contribution in [0.25, 0.3) is 0 Å². The number of carbonyl (C=O) groups excluding carboxylic acids is 2. The zero-order chi connectivity index (χ0) is 18.6. The monoisotopic (exact) mass is 351 g/mol. The number of carbonyl (C=O) groups is 2. The number of Topliss-reactive ketones (excluding diaryl/α,β-unsaturated/α-hetero) is 1. The molecule has 0 aliphatic carbocycles. The molecule has 0 saturated carbocycles. The number of aromatic nitrogens is 2. The van der Waals surface area contributed by atoms with Gasteiger partial charge in [0, 0.05) is 30.1 Å². The largest absolute Gasteiger partial charge is 0.453 e. The predicted octanol–water partition coefficient (Wildman–Crippen LogP) is 2.60. The third kappa shape index (κ3) is 4.81. The third-order valence-electron chi connectivity index (χ3n) is 4.72. The van der Waals surface area contributed by atoms with Crippen LogP contribution >= 0.6 is 0 Å². The van der Waals surface area contributed by atoms with E-state index in [-0.39, 0.29) is 23.5 Å². The van der Waals surface area contributed by atoms with E-state index < -0.39 is 12.1 Å². The van der Waals surface area contributed by atoms with Gasteiger partial charge >= 0.3 is 6.09 Å². The molecule has 2 rings (SSSR count). The molecule has 7 nitrogen and oxygen atoms in total. The van der Waals surface area contributed by atoms with E-state index >= 15 is 0 Å². The van der Waals surface area contributed by atoms with Gasteiger partial charge in [0.25, 0.3) is 0 Å². The van der Waals surface area contributed by atoms with Gasteiger partial charge in [-0.15, -0.1) is 0 Å². The van der Waals surface area contributed by atoms with Crippen LogP contribution in [-0.4, -0.2) is 48.2 Å². The van der Waals surface area contributed by atoms with Crippen molar-refractivity contribution in [3.05, 3.63) is 17.7 Å². The van der Waals surface area contributed by atoms with Gasteiger partial charge in [0.1, 0.15) is 5.82 Å². The maximum absolute atomic E-state index is 12.7. The first-order chi connectivity index (χ1) is 11.8. The fourth-order valence-electron chi connectivity index (χ4n) is 3.13. The van der Waals surface area contributed by atoms with Gasteiger partial charge in [-0.05, 0) is 11.8 Å². The minimum absolute atomic E-state index is 0.00320. The second-order valence-corrected chi connectivity index (χ2v) is 7.31. The Morgan fingerprint density at radius 1 is 1.36 bits per heavy atom. The van der Waals surface area contributed by atoms with E-state index in [0.29, 0.717) is 25.6 Å². The van der Waals surface area contributed by atoms with Gasteiger partial charge in [0.2, 0.25) is 0 Å². The lowest BCUT2D eigenvalue weighted by Gasteiger charge is -2.23. The Kier molecular flexibility index (Phi) is 6.58. The SMILES string of the molecule is COC(=O)N[C@H](C(=O)C[C@H]1COC[C@@H]1c1ncc(C(C)C)[nH]1)C(C)C. The van der Waals surface area contributed by atoms with Crippen LogP contribution in [0.4, 0.5) is 4.79 Å². The highest BCUT2D eigenvalue weighted by molar-refractivity contribution is 5.87. The van der Waals surface area contributed by atoms with Crippen molar-refractivity contribution >= 4 is 11.9 Å². The molecule has 1 aliphatic rings. The molecule has 1 fully saturated rings. The van der Waals surface area contributed by atoms with E-state index in [1.807, 2.05) is 20.0 Å². The molecule has 25 heavy (non-hydrogen) atoms. The van der Waals surface area contributed by atoms with Crippen molar-refractivity contribution in [2.75, 3.05) is 20.3 Å². The molecule has 1 aliphatic heterocycles. The average molecular weight is 351 g/mol. The van der Waals surface area contributed by atoms with Crippen LogP contribution in [0.5, 0.6) is 0 Å². The first-order valence-electron chi connectivity index (χ1n) is 8.83. The second-order valence-electron chi connectivity index (χ2n) is 7.31. The number of nitrogens with zero attached hydrogens (tertiary/aromatic N) is 1. The first-order valence-corrected chi connectivity index (χ1v) is 8.83. The van der Waals surface area contributed by atoms with Gasteiger partial charge in [0.15, 0.2) is 5.78 Å². The summed E-state index contributed by atoms with van der Waals surface area (Å²) in [5, 5.41) is 2.64. The summed E-state index contributed by atoms with van der Waals surface area (Å²) in [6.45, 7) is 9.10. The maximum atomic E-state index is 12.7. The van der Waals surface area contributed by atoms with E-state index in [0.717, 1.165) is 11.5 Å². The van der Waals surface area contributed by atoms with Crippen LogP contribution in [-0.2, 0) is 14.3 Å². The van der Waals surface area contributed by atoms with Crippen LogP contribution in [0, 0.1) is 11.8 Å². The Morgan fingerprint density at radius 2 is 2.08 bits per heavy atom. The van der Waals surface area contributed by atoms with Crippen molar-refractivity contribution in [2.45, 2.75) is 52.0 Å². The summed E-state index contributed by atoms with van der Waals surface area (Å²) in [7, 11) is 1.29. The maximum Gasteiger partial charge on any atom is 0.407 e. The van der Waals surface area contributed by atoms with Gasteiger partial charge < -0.3 is 19.8 Å². The molecule has 7 heteroatoms. The number of H-pyrrole nitrogens is 1. The summed E-state index contributed by atoms with van der Waals surface area (Å²) in [6, 6.07) is -0.559. The summed E-state index contributed by atoms with van der Waals surface area (Å²) in [6.07, 6.45) is 1.61. The van der Waals surface area contributed by atoms with Crippen LogP contribution in [0.2, 0.25) is 0 Å². The number of alkyl carbamates (subject to hydrolysis) is 1. The highest BCUT2D eigenvalue weighted by atomic mass is 16.5. The van der Waals surface area contributed by atoms with Crippen molar-refractivity contribution in [1.82, 2.24) is 15.3 Å². The molecular formula is C18H29N3O4. The number of ether oxygens (including phenoxy) is 2. The zero-order valence-electron chi connectivity index (χ0n) is 15.7. The molecule has 3 atom stereocenters. The third-order valence-corrected chi connectivity index (χ3v) is 4.72. The Morgan fingerprint density at radius 3 is 2.64 bits per heavy atom. The number of aromatic amines is 1. The summed E-state index contributed by atoms with van der Waals surface area (Å²) < 4.78 is 10.2. The molecule has 2 N–H and O–H groups in total. The van der Waals surface area contributed by atoms with Gasteiger partial charge in [-0.1, -0.05) is 27.7 Å². The predicted molar refractivity (Wildman–Crippen MR) is 93.5 cm³/mol. The number of rotatable bonds is 7. The lowest BCUT2D eigenvalue weighted by Crippen LogP contribution is -2.45. The fraction of sp³-hybridized carbons (Fsp3) is 0.722. The summed E-state index contributed by atoms with van der Waals surface area (Å²) >= 11 is 0. The number of imidazole rings is 1. The highest BCUT2D eigenvalue weighted by Gasteiger charge is 2.36. The average Bonchev–Trinajstić information content (AvgIpc) is 3.20. The smallest absolute Gasteiger partial charge is 0.407 e. The number of ketones is 1. The Labute approximate surface area is 148 Å². The fourth-order valence-corrected chi connectivity index (χ4v) is 3.13. The van der Waals surface area contributed by atoms with Gasteiger partial charge in [-0.3, -0.25) is 4.79 Å². The highest BCUT2D eigenvalue weighted by Crippen LogP contribution is 2.33. The van der Waals surface area contributed by atoms with E-state index in [2.05, 4.69) is 33.9 Å². The molecule has 140 valence electrons. The summed E-state index contributed by atoms with van der Waals surface area (Å²) in [4.78, 5) is 32.1. The molecule has 2 heterocycles. The van der Waals surface area contributed by atoms with Crippen molar-refractivity contribution in [1.29, 1.82) is 0 Å². The summed E-state index contributed by atoms with van der Waals surface area (Å²) in [5.74, 6) is 1.36. The van der Waals surface area contributed by atoms with Crippen LogP contribution < -0.4 is 5.32 Å². The van der Waals surface area contributed by atoms with Gasteiger partial charge in [0.05, 0.1) is 26.4 Å². The Balaban J connectivity index is 2.05. The van der Waals surface area contributed by atoms with Crippen LogP contribution in [0.15, 0.2) is 6.20 Å². The van der Waals surface area contributed by atoms with Crippen molar-refractivity contribution < 1.29 is 19.1 Å². The molecule has 0 radical (unpaired) electrons. The number of nitrogens with one attached hydrogen (secondary N) is 2. The van der Waals surface area contributed by atoms with Gasteiger partial charge in [-0.25, -0.2) is 9.78 Å². The number of amides is 1. The molecule has 1 saturated heterocycles. The quantitative estimate of drug-likeness (QED) is 0.787. The first kappa shape index (κ1) is 19.4. The minimum atomic E-state index is -0.584. The molecule has 0 spiro atoms. The van der Waals surface area contributed by atoms with E-state index in [4.69, 9.17) is 4.74 Å². The molecule has 1 aromatic heterocycles. The van der Waals surface area contributed by atoms with E-state index in [9.17, 15) is 9.59 Å². The Bertz CT molecular complexity index is 597. The standard InChI is InChI=1S/C18H29N3O4/c1-10(2)14-7-19-17(20-14)13-9-25-8-12(13)6-15(22)16(11(3)4)21-18(23)24-5/h7,10-13,16H,6,8-9H2,1-5H3,(H,19,20)(H,21,23)/t12-,13-,16-/m0/s1. The number of hydrogen-bond acceptors (Lipinski definition) is 5. The second kappa shape index (κ2) is 8.47. The van der Waals surface area contributed by atoms with E-state index in [1.54, 1.807) is 0 Å². The van der Waals surface area contributed by atoms with Crippen molar-refractivity contribution in [2.24, 2.45) is 11.8 Å². The molecule has 0 unspecified atom stereocenters.